The van der Waals surface area contributed by atoms with Crippen LogP contribution in [0.15, 0.2) is 75.4 Å². The first-order valence-electron chi connectivity index (χ1n) is 12.9. The van der Waals surface area contributed by atoms with Gasteiger partial charge in [0.05, 0.1) is 15.9 Å². The number of aromatic nitrogens is 3. The number of halogens is 1. The van der Waals surface area contributed by atoms with E-state index < -0.39 is 0 Å². The zero-order chi connectivity index (χ0) is 27.5. The smallest absolute Gasteiger partial charge is 0.188 e. The van der Waals surface area contributed by atoms with Gasteiger partial charge in [0.15, 0.2) is 16.7 Å². The highest BCUT2D eigenvalue weighted by Crippen LogP contribution is 2.40. The second-order valence-electron chi connectivity index (χ2n) is 9.29. The molecule has 11 heteroatoms. The number of fused-ring (bicyclic) bond motifs is 1. The molecular formula is C29H28FN5OS4. The summed E-state index contributed by atoms with van der Waals surface area (Å²) in [6.07, 6.45) is 8.17. The SMILES string of the molecule is C/C=S(/C)N1CCC(c2csc(Nc3ncc(Sc4ccnc5ccsc45)cc3Oc3ccc(F)cc3)n2)CC1. The number of anilines is 2. The quantitative estimate of drug-likeness (QED) is 0.176. The van der Waals surface area contributed by atoms with E-state index in [0.29, 0.717) is 23.2 Å². The Hall–Kier alpha value is -2.83. The van der Waals surface area contributed by atoms with Gasteiger partial charge in [0, 0.05) is 52.6 Å². The van der Waals surface area contributed by atoms with Gasteiger partial charge in [-0.1, -0.05) is 17.1 Å². The standard InChI is InChI=1S/C29H28FN5OS4/c1-3-40(2)35-13-9-19(10-14-35)24-18-38-29(33-24)34-28-25(36-21-6-4-20(30)5-7-21)16-22(17-32-28)39-26-8-12-31-23-11-15-37-27(23)26/h3-8,11-12,15-19H,9-10,13-14H2,1-2H3,(H,32,33,34). The van der Waals surface area contributed by atoms with Crippen LogP contribution in [0.4, 0.5) is 15.3 Å². The molecule has 0 amide bonds. The summed E-state index contributed by atoms with van der Waals surface area (Å²) < 4.78 is 23.4. The van der Waals surface area contributed by atoms with Gasteiger partial charge in [-0.2, -0.15) is 0 Å². The van der Waals surface area contributed by atoms with E-state index in [0.717, 1.165) is 56.8 Å². The minimum absolute atomic E-state index is 0.234. The molecule has 5 aromatic rings. The summed E-state index contributed by atoms with van der Waals surface area (Å²) in [6, 6.07) is 12.0. The first-order valence-corrected chi connectivity index (χ1v) is 17.1. The summed E-state index contributed by atoms with van der Waals surface area (Å²) >= 11 is 4.86. The maximum absolute atomic E-state index is 13.5. The fourth-order valence-corrected chi connectivity index (χ4v) is 8.32. The molecule has 0 saturated carbocycles. The van der Waals surface area contributed by atoms with E-state index in [1.807, 2.05) is 36.0 Å². The van der Waals surface area contributed by atoms with Crippen LogP contribution in [0, 0.1) is 5.82 Å². The minimum Gasteiger partial charge on any atom is -0.453 e. The van der Waals surface area contributed by atoms with Gasteiger partial charge >= 0.3 is 0 Å². The molecule has 1 aliphatic heterocycles. The molecule has 1 saturated heterocycles. The van der Waals surface area contributed by atoms with Crippen LogP contribution in [-0.2, 0) is 0 Å². The Morgan fingerprint density at radius 1 is 1.12 bits per heavy atom. The van der Waals surface area contributed by atoms with Crippen LogP contribution in [0.2, 0.25) is 0 Å². The van der Waals surface area contributed by atoms with E-state index >= 15 is 0 Å². The highest BCUT2D eigenvalue weighted by Gasteiger charge is 2.23. The van der Waals surface area contributed by atoms with E-state index in [4.69, 9.17) is 14.7 Å². The van der Waals surface area contributed by atoms with Crippen molar-refractivity contribution in [2.24, 2.45) is 0 Å². The third kappa shape index (κ3) is 6.23. The zero-order valence-electron chi connectivity index (χ0n) is 22.0. The molecule has 0 aliphatic carbocycles. The molecular weight excluding hydrogens is 582 g/mol. The van der Waals surface area contributed by atoms with Crippen LogP contribution in [0.3, 0.4) is 0 Å². The fourth-order valence-electron chi connectivity index (χ4n) is 4.56. The monoisotopic (exact) mass is 609 g/mol. The second-order valence-corrected chi connectivity index (χ2v) is 14.2. The van der Waals surface area contributed by atoms with E-state index in [2.05, 4.69) is 38.5 Å². The second kappa shape index (κ2) is 12.4. The largest absolute Gasteiger partial charge is 0.453 e. The number of rotatable bonds is 8. The number of pyridine rings is 2. The van der Waals surface area contributed by atoms with E-state index in [9.17, 15) is 4.39 Å². The summed E-state index contributed by atoms with van der Waals surface area (Å²) in [5.74, 6) is 1.80. The van der Waals surface area contributed by atoms with Crippen LogP contribution >= 0.6 is 45.1 Å². The number of thiophene rings is 1. The molecule has 1 unspecified atom stereocenters. The predicted molar refractivity (Wildman–Crippen MR) is 169 cm³/mol. The van der Waals surface area contributed by atoms with E-state index in [1.165, 1.54) is 12.1 Å². The lowest BCUT2D eigenvalue weighted by Gasteiger charge is -2.32. The van der Waals surface area contributed by atoms with Crippen molar-refractivity contribution in [3.8, 4) is 11.5 Å². The molecule has 0 radical (unpaired) electrons. The Morgan fingerprint density at radius 2 is 1.95 bits per heavy atom. The average Bonchev–Trinajstić information content (AvgIpc) is 3.66. The Labute approximate surface area is 247 Å². The number of hydrogen-bond acceptors (Lipinski definition) is 9. The molecule has 4 aromatic heterocycles. The highest BCUT2D eigenvalue weighted by molar-refractivity contribution is 8.12. The zero-order valence-corrected chi connectivity index (χ0v) is 25.3. The van der Waals surface area contributed by atoms with Crippen LogP contribution in [0.1, 0.15) is 31.4 Å². The summed E-state index contributed by atoms with van der Waals surface area (Å²) in [6.45, 7) is 4.34. The number of nitrogens with one attached hydrogen (secondary N) is 1. The Bertz CT molecular complexity index is 1640. The molecule has 5 heterocycles. The van der Waals surface area contributed by atoms with Gasteiger partial charge < -0.3 is 10.1 Å². The summed E-state index contributed by atoms with van der Waals surface area (Å²) in [5, 5.41) is 10.6. The topological polar surface area (TPSA) is 63.2 Å². The van der Waals surface area contributed by atoms with E-state index in [1.54, 1.807) is 46.6 Å². The van der Waals surface area contributed by atoms with Crippen LogP contribution in [0.25, 0.3) is 10.2 Å². The van der Waals surface area contributed by atoms with Gasteiger partial charge in [-0.15, -0.1) is 33.3 Å². The van der Waals surface area contributed by atoms with Crippen molar-refractivity contribution >= 4 is 71.6 Å². The van der Waals surface area contributed by atoms with Gasteiger partial charge in [-0.25, -0.2) is 14.4 Å². The molecule has 1 N–H and O–H groups in total. The fraction of sp³-hybridized carbons (Fsp3) is 0.241. The van der Waals surface area contributed by atoms with Crippen LogP contribution in [-0.4, -0.2) is 44.0 Å². The summed E-state index contributed by atoms with van der Waals surface area (Å²) in [7, 11) is 0.234. The first kappa shape index (κ1) is 27.3. The molecule has 6 nitrogen and oxygen atoms in total. The maximum Gasteiger partial charge on any atom is 0.188 e. The number of benzene rings is 1. The number of ether oxygens (including phenoxy) is 1. The van der Waals surface area contributed by atoms with Crippen LogP contribution < -0.4 is 10.1 Å². The lowest BCUT2D eigenvalue weighted by molar-refractivity contribution is 0.343. The van der Waals surface area contributed by atoms with Crippen LogP contribution in [0.5, 0.6) is 11.5 Å². The summed E-state index contributed by atoms with van der Waals surface area (Å²) in [5.41, 5.74) is 2.11. The molecule has 0 bridgehead atoms. The summed E-state index contributed by atoms with van der Waals surface area (Å²) in [4.78, 5) is 16.1. The molecule has 1 fully saturated rings. The average molecular weight is 610 g/mol. The van der Waals surface area contributed by atoms with Crippen molar-refractivity contribution in [2.75, 3.05) is 24.7 Å². The molecule has 1 aliphatic rings. The lowest BCUT2D eigenvalue weighted by atomic mass is 9.95. The normalized spacial score (nSPS) is 15.5. The van der Waals surface area contributed by atoms with Gasteiger partial charge in [-0.3, -0.25) is 9.29 Å². The van der Waals surface area contributed by atoms with Crippen molar-refractivity contribution in [3.63, 3.8) is 0 Å². The Kier molecular flexibility index (Phi) is 8.45. The number of thiazole rings is 1. The van der Waals surface area contributed by atoms with Crippen molar-refractivity contribution in [3.05, 3.63) is 77.1 Å². The molecule has 1 aromatic carbocycles. The van der Waals surface area contributed by atoms with Gasteiger partial charge in [-0.05, 0) is 67.8 Å². The Balaban J connectivity index is 1.23. The third-order valence-corrected chi connectivity index (χ3v) is 11.5. The Morgan fingerprint density at radius 3 is 2.75 bits per heavy atom. The minimum atomic E-state index is -0.310. The van der Waals surface area contributed by atoms with Crippen molar-refractivity contribution in [1.29, 1.82) is 0 Å². The molecule has 206 valence electrons. The number of nitrogens with zero attached hydrogens (tertiary/aromatic N) is 4. The maximum atomic E-state index is 13.5. The van der Waals surface area contributed by atoms with Crippen molar-refractivity contribution in [2.45, 2.75) is 35.5 Å². The third-order valence-electron chi connectivity index (χ3n) is 6.77. The highest BCUT2D eigenvalue weighted by atomic mass is 32.2. The molecule has 0 spiro atoms. The molecule has 6 rings (SSSR count). The molecule has 40 heavy (non-hydrogen) atoms. The molecule has 1 atom stereocenters. The van der Waals surface area contributed by atoms with Gasteiger partial charge in [0.1, 0.15) is 11.6 Å². The van der Waals surface area contributed by atoms with Gasteiger partial charge in [0.25, 0.3) is 0 Å². The van der Waals surface area contributed by atoms with Gasteiger partial charge in [0.2, 0.25) is 0 Å². The number of piperidine rings is 1. The number of hydrogen-bond donors (Lipinski definition) is 1. The van der Waals surface area contributed by atoms with Crippen molar-refractivity contribution < 1.29 is 9.13 Å². The lowest BCUT2D eigenvalue weighted by Crippen LogP contribution is -2.28. The van der Waals surface area contributed by atoms with E-state index in [-0.39, 0.29) is 16.5 Å². The predicted octanol–water partition coefficient (Wildman–Crippen LogP) is 8.79. The van der Waals surface area contributed by atoms with Crippen molar-refractivity contribution in [1.82, 2.24) is 19.3 Å². The first-order chi connectivity index (χ1) is 19.6.